The molecule has 0 aromatic rings. The van der Waals surface area contributed by atoms with E-state index in [1.165, 1.54) is 161 Å². The number of hydrogen-bond donors (Lipinski definition) is 0. The van der Waals surface area contributed by atoms with E-state index in [9.17, 15) is 9.59 Å². The first kappa shape index (κ1) is 52.9. The molecule has 0 aliphatic rings. The summed E-state index contributed by atoms with van der Waals surface area (Å²) >= 11 is 0. The fourth-order valence-electron chi connectivity index (χ4n) is 7.56. The van der Waals surface area contributed by atoms with Crippen LogP contribution in [0.5, 0.6) is 0 Å². The zero-order chi connectivity index (χ0) is 39.6. The molecule has 0 amide bonds. The first-order valence-corrected chi connectivity index (χ1v) is 24.3. The third kappa shape index (κ3) is 37.8. The van der Waals surface area contributed by atoms with Crippen molar-refractivity contribution >= 4 is 11.9 Å². The van der Waals surface area contributed by atoms with Crippen LogP contribution in [0.25, 0.3) is 0 Å². The fraction of sp³-hybridized carbons (Fsp3) is 0.958. The van der Waals surface area contributed by atoms with Gasteiger partial charge in [0.2, 0.25) is 0 Å². The maximum atomic E-state index is 12.8. The predicted octanol–water partition coefficient (Wildman–Crippen LogP) is 14.0. The second-order valence-corrected chi connectivity index (χ2v) is 16.5. The Balaban J connectivity index is 4.25. The topological polar surface area (TPSA) is 59.1 Å². The molecule has 6 heteroatoms. The minimum Gasteiger partial charge on any atom is -0.466 e. The summed E-state index contributed by atoms with van der Waals surface area (Å²) in [5.41, 5.74) is 0. The second kappa shape index (κ2) is 43.0. The maximum absolute atomic E-state index is 12.8. The lowest BCUT2D eigenvalue weighted by molar-refractivity contribution is -0.150. The molecule has 6 nitrogen and oxygen atoms in total. The van der Waals surface area contributed by atoms with Gasteiger partial charge in [-0.15, -0.1) is 0 Å². The van der Waals surface area contributed by atoms with Crippen LogP contribution in [0.3, 0.4) is 0 Å². The number of unbranched alkanes of at least 4 members (excludes halogenated alkanes) is 24. The molecule has 0 aliphatic carbocycles. The summed E-state index contributed by atoms with van der Waals surface area (Å²) in [6.07, 6.45) is 39.2. The van der Waals surface area contributed by atoms with Gasteiger partial charge >= 0.3 is 11.9 Å². The standard InChI is InChI=1S/C48H96N2O4/c1-6-11-14-17-20-25-32-39-47(51)53-45-36-29-22-28-35-42-50(44-43-49(9-4)10-5)41-34-27-21-26-33-40-48(52)54-46(37-30-23-18-15-12-7-2)38-31-24-19-16-13-8-3/h46H,6-45H2,1-5H3. The van der Waals surface area contributed by atoms with Crippen LogP contribution < -0.4 is 0 Å². The Morgan fingerprint density at radius 1 is 0.389 bits per heavy atom. The SMILES string of the molecule is CCCCCCCCCC(=O)OCCCCCCCN(CCCCCCCC(=O)OC(CCCCCCCC)CCCCCCCC)CCN(CC)CC. The van der Waals surface area contributed by atoms with Gasteiger partial charge in [-0.2, -0.15) is 0 Å². The molecule has 0 bridgehead atoms. The number of carbonyl (C=O) groups is 2. The van der Waals surface area contributed by atoms with Crippen LogP contribution in [0.1, 0.15) is 247 Å². The van der Waals surface area contributed by atoms with Crippen LogP contribution in [-0.2, 0) is 19.1 Å². The molecule has 0 atom stereocenters. The van der Waals surface area contributed by atoms with Crippen molar-refractivity contribution in [2.75, 3.05) is 45.9 Å². The van der Waals surface area contributed by atoms with Crippen LogP contribution >= 0.6 is 0 Å². The van der Waals surface area contributed by atoms with Crippen molar-refractivity contribution in [3.63, 3.8) is 0 Å². The number of ether oxygens (including phenoxy) is 2. The highest BCUT2D eigenvalue weighted by molar-refractivity contribution is 5.69. The molecule has 0 spiro atoms. The van der Waals surface area contributed by atoms with Gasteiger partial charge in [-0.1, -0.05) is 176 Å². The summed E-state index contributed by atoms with van der Waals surface area (Å²) in [4.78, 5) is 30.1. The third-order valence-corrected chi connectivity index (χ3v) is 11.4. The van der Waals surface area contributed by atoms with Crippen LogP contribution in [-0.4, -0.2) is 73.7 Å². The number of likely N-dealkylation sites (N-methyl/N-ethyl adjacent to an activating group) is 1. The molecule has 0 N–H and O–H groups in total. The van der Waals surface area contributed by atoms with Crippen molar-refractivity contribution in [1.82, 2.24) is 9.80 Å². The van der Waals surface area contributed by atoms with Crippen molar-refractivity contribution in [3.8, 4) is 0 Å². The Hall–Kier alpha value is -1.14. The molecule has 0 rings (SSSR count). The number of hydrogen-bond acceptors (Lipinski definition) is 6. The molecule has 0 heterocycles. The highest BCUT2D eigenvalue weighted by Crippen LogP contribution is 2.18. The minimum atomic E-state index is -0.00350. The lowest BCUT2D eigenvalue weighted by atomic mass is 10.0. The minimum absolute atomic E-state index is 0.00350. The summed E-state index contributed by atoms with van der Waals surface area (Å²) < 4.78 is 11.6. The highest BCUT2D eigenvalue weighted by Gasteiger charge is 2.14. The normalized spacial score (nSPS) is 11.7. The maximum Gasteiger partial charge on any atom is 0.306 e. The van der Waals surface area contributed by atoms with Gasteiger partial charge in [-0.3, -0.25) is 9.59 Å². The first-order valence-electron chi connectivity index (χ1n) is 24.3. The molecule has 0 unspecified atom stereocenters. The van der Waals surface area contributed by atoms with E-state index in [4.69, 9.17) is 9.47 Å². The summed E-state index contributed by atoms with van der Waals surface area (Å²) in [6.45, 7) is 18.8. The fourth-order valence-corrected chi connectivity index (χ4v) is 7.56. The van der Waals surface area contributed by atoms with Gasteiger partial charge in [0.05, 0.1) is 6.61 Å². The predicted molar refractivity (Wildman–Crippen MR) is 234 cm³/mol. The molecular weight excluding hydrogens is 669 g/mol. The van der Waals surface area contributed by atoms with Gasteiger partial charge in [-0.05, 0) is 84.0 Å². The largest absolute Gasteiger partial charge is 0.466 e. The molecule has 0 aromatic heterocycles. The molecule has 0 fully saturated rings. The summed E-state index contributed by atoms with van der Waals surface area (Å²) in [5, 5.41) is 0. The Kier molecular flexibility index (Phi) is 42.1. The van der Waals surface area contributed by atoms with Gasteiger partial charge in [0, 0.05) is 25.9 Å². The molecule has 0 aromatic carbocycles. The average molecular weight is 765 g/mol. The summed E-state index contributed by atoms with van der Waals surface area (Å²) in [7, 11) is 0. The first-order chi connectivity index (χ1) is 26.5. The molecule has 0 saturated heterocycles. The van der Waals surface area contributed by atoms with Crippen LogP contribution in [0.2, 0.25) is 0 Å². The molecule has 0 saturated carbocycles. The van der Waals surface area contributed by atoms with Crippen molar-refractivity contribution in [2.24, 2.45) is 0 Å². The lowest BCUT2D eigenvalue weighted by Gasteiger charge is -2.26. The molecule has 0 radical (unpaired) electrons. The van der Waals surface area contributed by atoms with Crippen molar-refractivity contribution in [3.05, 3.63) is 0 Å². The Morgan fingerprint density at radius 3 is 1.22 bits per heavy atom. The average Bonchev–Trinajstić information content (AvgIpc) is 3.17. The van der Waals surface area contributed by atoms with Gasteiger partial charge in [0.15, 0.2) is 0 Å². The van der Waals surface area contributed by atoms with E-state index in [0.717, 1.165) is 77.5 Å². The van der Waals surface area contributed by atoms with Gasteiger partial charge in [0.1, 0.15) is 6.10 Å². The quantitative estimate of drug-likeness (QED) is 0.0455. The Morgan fingerprint density at radius 2 is 0.759 bits per heavy atom. The van der Waals surface area contributed by atoms with Crippen LogP contribution in [0.15, 0.2) is 0 Å². The molecule has 54 heavy (non-hydrogen) atoms. The van der Waals surface area contributed by atoms with E-state index >= 15 is 0 Å². The molecule has 322 valence electrons. The van der Waals surface area contributed by atoms with Crippen molar-refractivity contribution in [1.29, 1.82) is 0 Å². The number of rotatable bonds is 44. The summed E-state index contributed by atoms with van der Waals surface area (Å²) in [5.74, 6) is 0.0376. The van der Waals surface area contributed by atoms with E-state index in [1.54, 1.807) is 0 Å². The Labute approximate surface area is 338 Å². The van der Waals surface area contributed by atoms with Gasteiger partial charge < -0.3 is 19.3 Å². The van der Waals surface area contributed by atoms with E-state index < -0.39 is 0 Å². The van der Waals surface area contributed by atoms with Crippen LogP contribution in [0.4, 0.5) is 0 Å². The highest BCUT2D eigenvalue weighted by atomic mass is 16.5. The molecular formula is C48H96N2O4. The van der Waals surface area contributed by atoms with Crippen molar-refractivity contribution in [2.45, 2.75) is 253 Å². The van der Waals surface area contributed by atoms with Crippen molar-refractivity contribution < 1.29 is 19.1 Å². The number of nitrogens with zero attached hydrogens (tertiary/aromatic N) is 2. The molecule has 0 aliphatic heterocycles. The zero-order valence-electron chi connectivity index (χ0n) is 37.4. The van der Waals surface area contributed by atoms with E-state index in [1.807, 2.05) is 0 Å². The van der Waals surface area contributed by atoms with Gasteiger partial charge in [0.25, 0.3) is 0 Å². The van der Waals surface area contributed by atoms with Crippen LogP contribution in [0, 0.1) is 0 Å². The van der Waals surface area contributed by atoms with E-state index in [2.05, 4.69) is 44.4 Å². The number of esters is 2. The second-order valence-electron chi connectivity index (χ2n) is 16.5. The van der Waals surface area contributed by atoms with E-state index in [0.29, 0.717) is 19.4 Å². The van der Waals surface area contributed by atoms with E-state index in [-0.39, 0.29) is 18.0 Å². The monoisotopic (exact) mass is 765 g/mol. The zero-order valence-corrected chi connectivity index (χ0v) is 37.4. The Bertz CT molecular complexity index is 758. The summed E-state index contributed by atoms with van der Waals surface area (Å²) in [6, 6.07) is 0. The lowest BCUT2D eigenvalue weighted by Crippen LogP contribution is -2.36. The smallest absolute Gasteiger partial charge is 0.306 e. The number of carbonyl (C=O) groups excluding carboxylic acids is 2. The third-order valence-electron chi connectivity index (χ3n) is 11.4. The van der Waals surface area contributed by atoms with Gasteiger partial charge in [-0.25, -0.2) is 0 Å².